The third kappa shape index (κ3) is 7.86. The van der Waals surface area contributed by atoms with Gasteiger partial charge in [-0.15, -0.1) is 0 Å². The molecular weight excluding hydrogens is 340 g/mol. The molecule has 0 unspecified atom stereocenters. The van der Waals surface area contributed by atoms with Crippen LogP contribution in [0.5, 0.6) is 11.5 Å². The zero-order valence-electron chi connectivity index (χ0n) is 16.0. The number of benzene rings is 2. The summed E-state index contributed by atoms with van der Waals surface area (Å²) in [6, 6.07) is 14.9. The Hall–Kier alpha value is -2.95. The summed E-state index contributed by atoms with van der Waals surface area (Å²) in [5.41, 5.74) is 1.57. The van der Waals surface area contributed by atoms with Crippen molar-refractivity contribution in [3.8, 4) is 11.5 Å². The number of amides is 1. The van der Waals surface area contributed by atoms with E-state index >= 15 is 0 Å². The first-order valence-corrected chi connectivity index (χ1v) is 9.17. The third-order valence-electron chi connectivity index (χ3n) is 3.76. The highest BCUT2D eigenvalue weighted by molar-refractivity contribution is 5.93. The molecule has 0 saturated heterocycles. The first kappa shape index (κ1) is 20.4. The van der Waals surface area contributed by atoms with E-state index in [4.69, 9.17) is 9.47 Å². The number of anilines is 2. The minimum Gasteiger partial charge on any atom is -0.494 e. The van der Waals surface area contributed by atoms with E-state index in [0.29, 0.717) is 19.1 Å². The van der Waals surface area contributed by atoms with Gasteiger partial charge >= 0.3 is 0 Å². The summed E-state index contributed by atoms with van der Waals surface area (Å²) in [7, 11) is 0. The number of carbonyl (C=O) groups is 1. The molecular formula is C22H28N2O3. The highest BCUT2D eigenvalue weighted by Crippen LogP contribution is 2.18. The lowest BCUT2D eigenvalue weighted by molar-refractivity contribution is -0.114. The first-order chi connectivity index (χ1) is 13.1. The summed E-state index contributed by atoms with van der Waals surface area (Å²) in [5, 5.41) is 5.96. The Bertz CT molecular complexity index is 727. The molecule has 0 saturated carbocycles. The summed E-state index contributed by atoms with van der Waals surface area (Å²) in [6.07, 6.45) is 2.70. The Balaban J connectivity index is 1.78. The second kappa shape index (κ2) is 10.9. The van der Waals surface area contributed by atoms with E-state index in [9.17, 15) is 4.79 Å². The van der Waals surface area contributed by atoms with Gasteiger partial charge < -0.3 is 20.1 Å². The van der Waals surface area contributed by atoms with Gasteiger partial charge in [0.2, 0.25) is 5.91 Å². The largest absolute Gasteiger partial charge is 0.494 e. The van der Waals surface area contributed by atoms with Crippen LogP contribution < -0.4 is 20.1 Å². The molecule has 5 heteroatoms. The topological polar surface area (TPSA) is 59.6 Å². The molecule has 0 atom stereocenters. The highest BCUT2D eigenvalue weighted by atomic mass is 16.5. The second-order valence-electron chi connectivity index (χ2n) is 6.58. The number of hydrogen-bond acceptors (Lipinski definition) is 4. The van der Waals surface area contributed by atoms with Gasteiger partial charge in [0.15, 0.2) is 0 Å². The van der Waals surface area contributed by atoms with Crippen LogP contribution in [-0.2, 0) is 4.79 Å². The lowest BCUT2D eigenvalue weighted by Crippen LogP contribution is -2.21. The fourth-order valence-electron chi connectivity index (χ4n) is 2.29. The van der Waals surface area contributed by atoms with Crippen molar-refractivity contribution in [3.05, 3.63) is 61.2 Å². The van der Waals surface area contributed by atoms with Crippen molar-refractivity contribution < 1.29 is 14.3 Å². The van der Waals surface area contributed by atoms with Gasteiger partial charge in [0.1, 0.15) is 18.1 Å². The molecule has 0 spiro atoms. The molecule has 144 valence electrons. The molecule has 0 aliphatic carbocycles. The van der Waals surface area contributed by atoms with E-state index in [1.54, 1.807) is 18.2 Å². The van der Waals surface area contributed by atoms with Crippen LogP contribution >= 0.6 is 0 Å². The van der Waals surface area contributed by atoms with Gasteiger partial charge in [0.25, 0.3) is 0 Å². The molecule has 27 heavy (non-hydrogen) atoms. The van der Waals surface area contributed by atoms with Gasteiger partial charge in [0.05, 0.1) is 13.2 Å². The molecule has 2 aromatic rings. The summed E-state index contributed by atoms with van der Waals surface area (Å²) in [4.78, 5) is 12.1. The molecule has 2 N–H and O–H groups in total. The Labute approximate surface area is 161 Å². The quantitative estimate of drug-likeness (QED) is 0.563. The zero-order valence-corrected chi connectivity index (χ0v) is 16.0. The average Bonchev–Trinajstić information content (AvgIpc) is 2.66. The maximum absolute atomic E-state index is 12.1. The van der Waals surface area contributed by atoms with Gasteiger partial charge in [-0.05, 0) is 48.7 Å². The van der Waals surface area contributed by atoms with E-state index < -0.39 is 0 Å². The van der Waals surface area contributed by atoms with Gasteiger partial charge in [-0.1, -0.05) is 32.6 Å². The first-order valence-electron chi connectivity index (χ1n) is 9.17. The number of ether oxygens (including phenoxy) is 2. The van der Waals surface area contributed by atoms with Crippen molar-refractivity contribution in [2.24, 2.45) is 5.92 Å². The zero-order chi connectivity index (χ0) is 19.5. The number of rotatable bonds is 11. The molecule has 2 rings (SSSR count). The molecule has 0 aromatic heterocycles. The summed E-state index contributed by atoms with van der Waals surface area (Å²) < 4.78 is 11.2. The monoisotopic (exact) mass is 368 g/mol. The molecule has 1 amide bonds. The molecule has 0 fully saturated rings. The number of nitrogens with one attached hydrogen (secondary N) is 2. The van der Waals surface area contributed by atoms with Crippen molar-refractivity contribution in [1.82, 2.24) is 0 Å². The highest BCUT2D eigenvalue weighted by Gasteiger charge is 2.04. The standard InChI is InChI=1S/C22H28N2O3/c1-4-13-26-20-10-8-18(9-11-20)24-22(25)16-23-19-6-5-7-21(15-19)27-14-12-17(2)3/h4-11,15,17,23H,1,12-14,16H2,2-3H3,(H,24,25). The van der Waals surface area contributed by atoms with Crippen LogP contribution in [0.2, 0.25) is 0 Å². The van der Waals surface area contributed by atoms with Crippen LogP contribution in [0.3, 0.4) is 0 Å². The number of carbonyl (C=O) groups excluding carboxylic acids is 1. The van der Waals surface area contributed by atoms with Crippen molar-refractivity contribution >= 4 is 17.3 Å². The predicted molar refractivity (Wildman–Crippen MR) is 111 cm³/mol. The van der Waals surface area contributed by atoms with Crippen LogP contribution in [0, 0.1) is 5.92 Å². The summed E-state index contributed by atoms with van der Waals surface area (Å²) >= 11 is 0. The van der Waals surface area contributed by atoms with Gasteiger partial charge in [-0.25, -0.2) is 0 Å². The molecule has 2 aromatic carbocycles. The summed E-state index contributed by atoms with van der Waals surface area (Å²) in [6.45, 7) is 9.26. The van der Waals surface area contributed by atoms with Crippen molar-refractivity contribution in [1.29, 1.82) is 0 Å². The minimum absolute atomic E-state index is 0.124. The maximum Gasteiger partial charge on any atom is 0.243 e. The van der Waals surface area contributed by atoms with Gasteiger partial charge in [-0.2, -0.15) is 0 Å². The molecule has 0 aliphatic heterocycles. The molecule has 0 radical (unpaired) electrons. The van der Waals surface area contributed by atoms with Crippen LogP contribution in [-0.4, -0.2) is 25.7 Å². The summed E-state index contributed by atoms with van der Waals surface area (Å²) in [5.74, 6) is 2.02. The predicted octanol–water partition coefficient (Wildman–Crippen LogP) is 4.73. The molecule has 0 heterocycles. The van der Waals surface area contributed by atoms with Crippen LogP contribution in [0.4, 0.5) is 11.4 Å². The molecule has 0 aliphatic rings. The maximum atomic E-state index is 12.1. The number of hydrogen-bond donors (Lipinski definition) is 2. The Morgan fingerprint density at radius 1 is 1.07 bits per heavy atom. The lowest BCUT2D eigenvalue weighted by atomic mass is 10.1. The fourth-order valence-corrected chi connectivity index (χ4v) is 2.29. The van der Waals surface area contributed by atoms with Crippen LogP contribution in [0.25, 0.3) is 0 Å². The normalized spacial score (nSPS) is 10.3. The molecule has 5 nitrogen and oxygen atoms in total. The van der Waals surface area contributed by atoms with Crippen LogP contribution in [0.15, 0.2) is 61.2 Å². The van der Waals surface area contributed by atoms with E-state index in [2.05, 4.69) is 31.1 Å². The lowest BCUT2D eigenvalue weighted by Gasteiger charge is -2.11. The van der Waals surface area contributed by atoms with E-state index in [1.807, 2.05) is 36.4 Å². The van der Waals surface area contributed by atoms with E-state index in [0.717, 1.165) is 29.3 Å². The van der Waals surface area contributed by atoms with Crippen molar-refractivity contribution in [2.45, 2.75) is 20.3 Å². The Morgan fingerprint density at radius 3 is 2.56 bits per heavy atom. The van der Waals surface area contributed by atoms with Crippen molar-refractivity contribution in [2.75, 3.05) is 30.4 Å². The van der Waals surface area contributed by atoms with Crippen LogP contribution in [0.1, 0.15) is 20.3 Å². The van der Waals surface area contributed by atoms with Gasteiger partial charge in [-0.3, -0.25) is 4.79 Å². The minimum atomic E-state index is -0.124. The Morgan fingerprint density at radius 2 is 1.85 bits per heavy atom. The van der Waals surface area contributed by atoms with Crippen molar-refractivity contribution in [3.63, 3.8) is 0 Å². The third-order valence-corrected chi connectivity index (χ3v) is 3.76. The van der Waals surface area contributed by atoms with E-state index in [-0.39, 0.29) is 12.5 Å². The Kier molecular flexibility index (Phi) is 8.23. The SMILES string of the molecule is C=CCOc1ccc(NC(=O)CNc2cccc(OCCC(C)C)c2)cc1. The smallest absolute Gasteiger partial charge is 0.243 e. The fraction of sp³-hybridized carbons (Fsp3) is 0.318. The second-order valence-corrected chi connectivity index (χ2v) is 6.58. The van der Waals surface area contributed by atoms with Gasteiger partial charge in [0, 0.05) is 17.4 Å². The van der Waals surface area contributed by atoms with E-state index in [1.165, 1.54) is 0 Å². The average molecular weight is 368 g/mol. The molecule has 0 bridgehead atoms.